The molecule has 0 atom stereocenters. The summed E-state index contributed by atoms with van der Waals surface area (Å²) >= 11 is 0. The van der Waals surface area contributed by atoms with Gasteiger partial charge in [0, 0.05) is 27.8 Å². The Labute approximate surface area is 350 Å². The molecule has 0 N–H and O–H groups in total. The molecule has 1 aliphatic heterocycles. The van der Waals surface area contributed by atoms with Crippen LogP contribution in [0.2, 0.25) is 0 Å². The van der Waals surface area contributed by atoms with Gasteiger partial charge in [0.25, 0.3) is 0 Å². The predicted molar refractivity (Wildman–Crippen MR) is 258 cm³/mol. The standard InChI is InChI=1S/C58H38BN/c1-6-19-39(20-7-1)45-35-33-43-34-36-49-54(42-25-12-4-13-26-42)57-58(50-38-37-48(45)53(43)55(49)50)60(44-27-14-5-15-28-44)52-32-17-16-31-51(52)59(57)56-46(40-21-8-2-9-22-40)29-18-30-47(56)41-23-10-3-11-24-41/h1-38H. The van der Waals surface area contributed by atoms with Crippen molar-refractivity contribution in [3.63, 3.8) is 0 Å². The summed E-state index contributed by atoms with van der Waals surface area (Å²) in [6.07, 6.45) is 0. The van der Waals surface area contributed by atoms with Crippen LogP contribution < -0.4 is 21.3 Å². The first-order valence-electron chi connectivity index (χ1n) is 20.9. The lowest BCUT2D eigenvalue weighted by molar-refractivity contribution is 1.31. The number of rotatable bonds is 6. The lowest BCUT2D eigenvalue weighted by atomic mass is 9.32. The molecule has 0 unspecified atom stereocenters. The third-order valence-electron chi connectivity index (χ3n) is 12.7. The molecule has 1 nitrogen and oxygen atoms in total. The van der Waals surface area contributed by atoms with E-state index in [4.69, 9.17) is 0 Å². The lowest BCUT2D eigenvalue weighted by Crippen LogP contribution is -2.59. The van der Waals surface area contributed by atoms with Crippen LogP contribution in [0, 0.1) is 0 Å². The first-order valence-corrected chi connectivity index (χ1v) is 20.9. The minimum atomic E-state index is -0.125. The van der Waals surface area contributed by atoms with Crippen molar-refractivity contribution in [1.82, 2.24) is 0 Å². The molecule has 278 valence electrons. The molecule has 11 aromatic carbocycles. The summed E-state index contributed by atoms with van der Waals surface area (Å²) < 4.78 is 0. The minimum absolute atomic E-state index is 0.125. The van der Waals surface area contributed by atoms with E-state index in [-0.39, 0.29) is 6.71 Å². The Hall–Kier alpha value is -7.68. The maximum Gasteiger partial charge on any atom is 0.249 e. The molecule has 0 aliphatic carbocycles. The number of benzene rings is 11. The van der Waals surface area contributed by atoms with E-state index in [1.54, 1.807) is 0 Å². The Morgan fingerprint density at radius 3 is 1.45 bits per heavy atom. The molecule has 0 spiro atoms. The van der Waals surface area contributed by atoms with Gasteiger partial charge >= 0.3 is 0 Å². The Kier molecular flexibility index (Phi) is 8.03. The minimum Gasteiger partial charge on any atom is -0.311 e. The fourth-order valence-electron chi connectivity index (χ4n) is 10.2. The van der Waals surface area contributed by atoms with Crippen molar-refractivity contribution in [3.05, 3.63) is 231 Å². The highest BCUT2D eigenvalue weighted by atomic mass is 15.2. The van der Waals surface area contributed by atoms with E-state index in [1.807, 2.05) is 0 Å². The van der Waals surface area contributed by atoms with Crippen LogP contribution in [-0.2, 0) is 0 Å². The van der Waals surface area contributed by atoms with Crippen LogP contribution in [0.1, 0.15) is 0 Å². The van der Waals surface area contributed by atoms with Gasteiger partial charge in [0.1, 0.15) is 0 Å². The average Bonchev–Trinajstić information content (AvgIpc) is 3.33. The van der Waals surface area contributed by atoms with Gasteiger partial charge in [-0.1, -0.05) is 218 Å². The topological polar surface area (TPSA) is 3.24 Å². The highest BCUT2D eigenvalue weighted by Crippen LogP contribution is 2.49. The lowest BCUT2D eigenvalue weighted by Gasteiger charge is -2.40. The Morgan fingerprint density at radius 1 is 0.317 bits per heavy atom. The van der Waals surface area contributed by atoms with Gasteiger partial charge in [-0.25, -0.2) is 0 Å². The van der Waals surface area contributed by atoms with Crippen molar-refractivity contribution >= 4 is 72.5 Å². The van der Waals surface area contributed by atoms with E-state index in [2.05, 4.69) is 235 Å². The zero-order chi connectivity index (χ0) is 39.6. The Balaban J connectivity index is 1.31. The van der Waals surface area contributed by atoms with Crippen molar-refractivity contribution < 1.29 is 0 Å². The van der Waals surface area contributed by atoms with E-state index in [0.717, 1.165) is 5.69 Å². The molecule has 1 heterocycles. The number of anilines is 3. The molecule has 12 rings (SSSR count). The van der Waals surface area contributed by atoms with Crippen LogP contribution >= 0.6 is 0 Å². The highest BCUT2D eigenvalue weighted by molar-refractivity contribution is 7.00. The fourth-order valence-corrected chi connectivity index (χ4v) is 10.2. The van der Waals surface area contributed by atoms with Gasteiger partial charge in [0.05, 0.1) is 0 Å². The summed E-state index contributed by atoms with van der Waals surface area (Å²) in [6, 6.07) is 85.2. The summed E-state index contributed by atoms with van der Waals surface area (Å²) in [5.74, 6) is 0. The van der Waals surface area contributed by atoms with Crippen molar-refractivity contribution in [2.75, 3.05) is 4.90 Å². The van der Waals surface area contributed by atoms with Gasteiger partial charge < -0.3 is 4.90 Å². The normalized spacial score (nSPS) is 12.3. The summed E-state index contributed by atoms with van der Waals surface area (Å²) in [4.78, 5) is 2.56. The Morgan fingerprint density at radius 2 is 0.817 bits per heavy atom. The third kappa shape index (κ3) is 5.28. The zero-order valence-electron chi connectivity index (χ0n) is 33.0. The van der Waals surface area contributed by atoms with E-state index in [0.29, 0.717) is 0 Å². The molecular formula is C58H38BN. The van der Waals surface area contributed by atoms with E-state index >= 15 is 0 Å². The van der Waals surface area contributed by atoms with Gasteiger partial charge in [-0.2, -0.15) is 0 Å². The second-order valence-corrected chi connectivity index (χ2v) is 15.9. The predicted octanol–water partition coefficient (Wildman–Crippen LogP) is 13.6. The van der Waals surface area contributed by atoms with Crippen LogP contribution in [0.25, 0.3) is 76.8 Å². The summed E-state index contributed by atoms with van der Waals surface area (Å²) in [7, 11) is 0. The molecule has 1 aliphatic rings. The maximum atomic E-state index is 2.56. The summed E-state index contributed by atoms with van der Waals surface area (Å²) in [5.41, 5.74) is 17.4. The Bertz CT molecular complexity index is 3290. The molecule has 0 aromatic heterocycles. The molecule has 11 aromatic rings. The van der Waals surface area contributed by atoms with Gasteiger partial charge in [-0.05, 0) is 95.2 Å². The van der Waals surface area contributed by atoms with Crippen molar-refractivity contribution in [2.45, 2.75) is 0 Å². The molecule has 0 fully saturated rings. The fraction of sp³-hybridized carbons (Fsp3) is 0. The average molecular weight is 760 g/mol. The number of hydrogen-bond donors (Lipinski definition) is 0. The second kappa shape index (κ2) is 14.0. The molecule has 0 amide bonds. The largest absolute Gasteiger partial charge is 0.311 e. The molecule has 60 heavy (non-hydrogen) atoms. The van der Waals surface area contributed by atoms with Crippen LogP contribution in [-0.4, -0.2) is 6.71 Å². The third-order valence-corrected chi connectivity index (χ3v) is 12.7. The monoisotopic (exact) mass is 759 g/mol. The molecule has 0 radical (unpaired) electrons. The first-order chi connectivity index (χ1) is 29.8. The summed E-state index contributed by atoms with van der Waals surface area (Å²) in [6.45, 7) is -0.125. The molecule has 0 saturated carbocycles. The molecule has 0 bridgehead atoms. The van der Waals surface area contributed by atoms with E-state index < -0.39 is 0 Å². The number of fused-ring (bicyclic) bond motifs is 3. The quantitative estimate of drug-likeness (QED) is 0.121. The smallest absolute Gasteiger partial charge is 0.249 e. The second-order valence-electron chi connectivity index (χ2n) is 15.9. The molecule has 2 heteroatoms. The SMILES string of the molecule is c1ccc(-c2cccc(-c3ccccc3)c2B2c3ccccc3N(c3ccccc3)c3c2c(-c2ccccc2)c2ccc4ccc(-c5ccccc5)c5ccc3c2c45)cc1. The van der Waals surface area contributed by atoms with Crippen LogP contribution in [0.3, 0.4) is 0 Å². The van der Waals surface area contributed by atoms with Gasteiger partial charge in [0.2, 0.25) is 6.71 Å². The van der Waals surface area contributed by atoms with E-state index in [1.165, 1.54) is 105 Å². The molecule has 0 saturated heterocycles. The van der Waals surface area contributed by atoms with Crippen molar-refractivity contribution in [3.8, 4) is 44.5 Å². The van der Waals surface area contributed by atoms with Crippen LogP contribution in [0.4, 0.5) is 17.1 Å². The van der Waals surface area contributed by atoms with E-state index in [9.17, 15) is 0 Å². The number of nitrogens with zero attached hydrogens (tertiary/aromatic N) is 1. The van der Waals surface area contributed by atoms with Crippen LogP contribution in [0.15, 0.2) is 231 Å². The number of para-hydroxylation sites is 2. The van der Waals surface area contributed by atoms with Gasteiger partial charge in [-0.15, -0.1) is 0 Å². The number of hydrogen-bond acceptors (Lipinski definition) is 1. The van der Waals surface area contributed by atoms with Crippen LogP contribution in [0.5, 0.6) is 0 Å². The maximum absolute atomic E-state index is 2.56. The zero-order valence-corrected chi connectivity index (χ0v) is 33.0. The van der Waals surface area contributed by atoms with Gasteiger partial charge in [0.15, 0.2) is 0 Å². The molecular weight excluding hydrogens is 721 g/mol. The van der Waals surface area contributed by atoms with Gasteiger partial charge in [-0.3, -0.25) is 0 Å². The van der Waals surface area contributed by atoms with Crippen molar-refractivity contribution in [1.29, 1.82) is 0 Å². The van der Waals surface area contributed by atoms with Crippen molar-refractivity contribution in [2.24, 2.45) is 0 Å². The first kappa shape index (κ1) is 34.4. The highest BCUT2D eigenvalue weighted by Gasteiger charge is 2.41. The summed E-state index contributed by atoms with van der Waals surface area (Å²) in [5, 5.41) is 7.67.